The Balaban J connectivity index is 2.84. The average Bonchev–Trinajstić information content (AvgIpc) is 2.05. The molecule has 9 heteroatoms. The molecule has 0 aliphatic heterocycles. The number of halogens is 8. The van der Waals surface area contributed by atoms with Gasteiger partial charge in [0.15, 0.2) is 0 Å². The fourth-order valence-electron chi connectivity index (χ4n) is 0.651. The van der Waals surface area contributed by atoms with E-state index in [4.69, 9.17) is 0 Å². The minimum Gasteiger partial charge on any atom is -0.242 e. The van der Waals surface area contributed by atoms with Crippen molar-refractivity contribution in [2.45, 2.75) is 24.1 Å². The van der Waals surface area contributed by atoms with Crippen LogP contribution in [-0.4, -0.2) is 24.1 Å². The first-order chi connectivity index (χ1) is 5.46. The van der Waals surface area contributed by atoms with Gasteiger partial charge in [-0.05, 0) is 0 Å². The maximum absolute atomic E-state index is 12.1. The van der Waals surface area contributed by atoms with E-state index in [9.17, 15) is 35.1 Å². The van der Waals surface area contributed by atoms with Gasteiger partial charge in [-0.2, -0.15) is 22.0 Å². The molecule has 0 aromatic rings. The highest BCUT2D eigenvalue weighted by Gasteiger charge is 3.02. The zero-order chi connectivity index (χ0) is 10.7. The van der Waals surface area contributed by atoms with Crippen LogP contribution in [0.2, 0.25) is 0 Å². The Morgan fingerprint density at radius 3 is 1.15 bits per heavy atom. The summed E-state index contributed by atoms with van der Waals surface area (Å²) in [5.41, 5.74) is 0. The minimum absolute atomic E-state index is 2.00. The van der Waals surface area contributed by atoms with Crippen molar-refractivity contribution in [1.29, 1.82) is 0 Å². The number of ether oxygens (including phenoxy) is 1. The van der Waals surface area contributed by atoms with Gasteiger partial charge in [-0.1, -0.05) is 0 Å². The molecule has 1 fully saturated rings. The lowest BCUT2D eigenvalue weighted by Crippen LogP contribution is -2.28. The molecule has 0 N–H and O–H groups in total. The summed E-state index contributed by atoms with van der Waals surface area (Å²) in [6.07, 6.45) is -5.88. The number of hydrogen-bond donors (Lipinski definition) is 0. The number of alkyl halides is 8. The van der Waals surface area contributed by atoms with Crippen LogP contribution in [0, 0.1) is 0 Å². The average molecular weight is 216 g/mol. The lowest BCUT2D eigenvalue weighted by atomic mass is 10.7. The van der Waals surface area contributed by atoms with Gasteiger partial charge in [-0.25, -0.2) is 4.74 Å². The first kappa shape index (κ1) is 10.5. The van der Waals surface area contributed by atoms with Crippen LogP contribution in [0.5, 0.6) is 0 Å². The second-order valence-electron chi connectivity index (χ2n) is 2.29. The van der Waals surface area contributed by atoms with E-state index in [2.05, 4.69) is 0 Å². The molecule has 1 aliphatic rings. The van der Waals surface area contributed by atoms with Gasteiger partial charge in [0.05, 0.1) is 0 Å². The van der Waals surface area contributed by atoms with Crippen LogP contribution in [-0.2, 0) is 4.74 Å². The molecule has 0 radical (unpaired) electrons. The third kappa shape index (κ3) is 1.09. The summed E-state index contributed by atoms with van der Waals surface area (Å²) in [6.45, 7) is 0. The van der Waals surface area contributed by atoms with Crippen molar-refractivity contribution in [3.8, 4) is 0 Å². The van der Waals surface area contributed by atoms with Crippen LogP contribution in [0.3, 0.4) is 0 Å². The van der Waals surface area contributed by atoms with E-state index in [1.54, 1.807) is 0 Å². The summed E-state index contributed by atoms with van der Waals surface area (Å²) < 4.78 is 94.5. The largest absolute Gasteiger partial charge is 0.525 e. The molecule has 1 saturated carbocycles. The molecule has 0 aromatic carbocycles. The van der Waals surface area contributed by atoms with Crippen molar-refractivity contribution in [3.05, 3.63) is 0 Å². The van der Waals surface area contributed by atoms with Crippen molar-refractivity contribution >= 4 is 0 Å². The predicted molar refractivity (Wildman–Crippen MR) is 20.9 cm³/mol. The molecule has 13 heavy (non-hydrogen) atoms. The Morgan fingerprint density at radius 1 is 0.769 bits per heavy atom. The fraction of sp³-hybridized carbons (Fsp3) is 1.00. The molecule has 0 heterocycles. The van der Waals surface area contributed by atoms with Gasteiger partial charge < -0.3 is 0 Å². The summed E-state index contributed by atoms with van der Waals surface area (Å²) >= 11 is 0. The van der Waals surface area contributed by atoms with Crippen LogP contribution in [0.1, 0.15) is 0 Å². The molecule has 1 aliphatic carbocycles. The highest BCUT2D eigenvalue weighted by atomic mass is 19.4. The lowest BCUT2D eigenvalue weighted by Gasteiger charge is -2.09. The molecule has 0 saturated heterocycles. The molecule has 78 valence electrons. The summed E-state index contributed by atoms with van der Waals surface area (Å²) in [5, 5.41) is 0. The molecule has 0 aromatic heterocycles. The molecule has 0 amide bonds. The molecule has 0 unspecified atom stereocenters. The quantitative estimate of drug-likeness (QED) is 0.611. The second kappa shape index (κ2) is 2.07. The van der Waals surface area contributed by atoms with Crippen molar-refractivity contribution < 1.29 is 39.9 Å². The van der Waals surface area contributed by atoms with Gasteiger partial charge in [0, 0.05) is 0 Å². The van der Waals surface area contributed by atoms with E-state index in [0.29, 0.717) is 0 Å². The van der Waals surface area contributed by atoms with E-state index in [0.717, 1.165) is 0 Å². The number of hydrogen-bond acceptors (Lipinski definition) is 1. The molecule has 0 spiro atoms. The fourth-order valence-corrected chi connectivity index (χ4v) is 0.651. The van der Waals surface area contributed by atoms with Gasteiger partial charge in [-0.15, -0.1) is 13.2 Å². The monoisotopic (exact) mass is 216 g/mol. The zero-order valence-electron chi connectivity index (χ0n) is 5.43. The van der Waals surface area contributed by atoms with Crippen LogP contribution < -0.4 is 0 Å². The Bertz CT molecular complexity index is 215. The topological polar surface area (TPSA) is 9.23 Å². The van der Waals surface area contributed by atoms with Gasteiger partial charge in [0.25, 0.3) is 0 Å². The van der Waals surface area contributed by atoms with E-state index >= 15 is 0 Å². The van der Waals surface area contributed by atoms with Crippen LogP contribution >= 0.6 is 0 Å². The van der Waals surface area contributed by atoms with Gasteiger partial charge in [0.1, 0.15) is 0 Å². The maximum atomic E-state index is 12.1. The molecule has 0 atom stereocenters. The third-order valence-corrected chi connectivity index (χ3v) is 1.40. The second-order valence-corrected chi connectivity index (χ2v) is 2.29. The number of rotatable bonds is 1. The summed E-state index contributed by atoms with van der Waals surface area (Å²) in [7, 11) is 0. The first-order valence-corrected chi connectivity index (χ1v) is 2.67. The van der Waals surface area contributed by atoms with Crippen molar-refractivity contribution in [1.82, 2.24) is 0 Å². The Morgan fingerprint density at radius 2 is 1.08 bits per heavy atom. The van der Waals surface area contributed by atoms with Crippen molar-refractivity contribution in [3.63, 3.8) is 0 Å². The Labute approximate surface area is 65.3 Å². The lowest BCUT2D eigenvalue weighted by molar-refractivity contribution is -0.387. The van der Waals surface area contributed by atoms with Gasteiger partial charge in [0.2, 0.25) is 0 Å². The minimum atomic E-state index is -5.88. The first-order valence-electron chi connectivity index (χ1n) is 2.67. The molecular formula is C4F8O. The Hall–Kier alpha value is -0.600. The van der Waals surface area contributed by atoms with Crippen molar-refractivity contribution in [2.75, 3.05) is 0 Å². The highest BCUT2D eigenvalue weighted by molar-refractivity contribution is 5.23. The van der Waals surface area contributed by atoms with Gasteiger partial charge in [-0.3, -0.25) is 0 Å². The highest BCUT2D eigenvalue weighted by Crippen LogP contribution is 2.69. The van der Waals surface area contributed by atoms with Crippen LogP contribution in [0.15, 0.2) is 0 Å². The van der Waals surface area contributed by atoms with Crippen molar-refractivity contribution in [2.24, 2.45) is 0 Å². The predicted octanol–water partition coefficient (Wildman–Crippen LogP) is 2.47. The maximum Gasteiger partial charge on any atom is 0.525 e. The van der Waals surface area contributed by atoms with Crippen LogP contribution in [0.4, 0.5) is 35.1 Å². The molecule has 1 nitrogen and oxygen atoms in total. The molecule has 0 bridgehead atoms. The SMILES string of the molecule is FC(F)(F)OC1(F)C(F)(F)C1(F)F. The Kier molecular flexibility index (Phi) is 1.67. The summed E-state index contributed by atoms with van der Waals surface area (Å²) in [6, 6.07) is 0. The zero-order valence-corrected chi connectivity index (χ0v) is 5.43. The third-order valence-electron chi connectivity index (χ3n) is 1.40. The smallest absolute Gasteiger partial charge is 0.242 e. The molecule has 1 rings (SSSR count). The normalized spacial score (nSPS) is 28.6. The van der Waals surface area contributed by atoms with E-state index in [1.165, 1.54) is 0 Å². The molecular weight excluding hydrogens is 216 g/mol. The standard InChI is InChI=1S/C4F8O/c5-1(6)2(7,8)3(1,9)13-4(10,11)12. The summed E-state index contributed by atoms with van der Waals surface area (Å²) in [5.74, 6) is -16.1. The van der Waals surface area contributed by atoms with Gasteiger partial charge >= 0.3 is 24.1 Å². The van der Waals surface area contributed by atoms with Crippen LogP contribution in [0.25, 0.3) is 0 Å². The summed E-state index contributed by atoms with van der Waals surface area (Å²) in [4.78, 5) is 0. The van der Waals surface area contributed by atoms with E-state index in [-0.39, 0.29) is 0 Å². The van der Waals surface area contributed by atoms with E-state index < -0.39 is 24.1 Å². The van der Waals surface area contributed by atoms with E-state index in [1.807, 2.05) is 4.74 Å².